The molecule has 0 amide bonds. The summed E-state index contributed by atoms with van der Waals surface area (Å²) in [6, 6.07) is 4.24. The molecule has 0 aliphatic carbocycles. The molecule has 2 rings (SSSR count). The van der Waals surface area contributed by atoms with Gasteiger partial charge < -0.3 is 9.63 Å². The minimum Gasteiger partial charge on any atom is -0.387 e. The van der Waals surface area contributed by atoms with Gasteiger partial charge in [-0.05, 0) is 17.7 Å². The summed E-state index contributed by atoms with van der Waals surface area (Å²) in [6.45, 7) is -0.370. The molecule has 0 radical (unpaired) electrons. The van der Waals surface area contributed by atoms with E-state index in [4.69, 9.17) is 0 Å². The summed E-state index contributed by atoms with van der Waals surface area (Å²) in [4.78, 5) is 0. The molecule has 0 aliphatic heterocycles. The Morgan fingerprint density at radius 1 is 1.29 bits per heavy atom. The Bertz CT molecular complexity index is 704. The second-order valence-electron chi connectivity index (χ2n) is 4.29. The van der Waals surface area contributed by atoms with Gasteiger partial charge in [-0.2, -0.15) is 0 Å². The van der Waals surface area contributed by atoms with Crippen LogP contribution in [0.15, 0.2) is 35.1 Å². The smallest absolute Gasteiger partial charge is 0.217 e. The molecule has 0 fully saturated rings. The molecule has 114 valence electrons. The molecule has 1 aromatic heterocycles. The summed E-state index contributed by atoms with van der Waals surface area (Å²) in [5.74, 6) is -2.57. The van der Waals surface area contributed by atoms with Crippen LogP contribution >= 0.6 is 0 Å². The molecule has 0 saturated carbocycles. The van der Waals surface area contributed by atoms with Crippen LogP contribution in [0.2, 0.25) is 0 Å². The zero-order valence-corrected chi connectivity index (χ0v) is 11.5. The number of hydrogen-bond acceptors (Lipinski definition) is 5. The van der Waals surface area contributed by atoms with Crippen LogP contribution in [0.4, 0.5) is 8.78 Å². The predicted octanol–water partition coefficient (Wildman–Crippen LogP) is 1.11. The molecule has 6 nitrogen and oxygen atoms in total. The first-order chi connectivity index (χ1) is 9.87. The lowest BCUT2D eigenvalue weighted by Gasteiger charge is -2.12. The monoisotopic (exact) mass is 318 g/mol. The van der Waals surface area contributed by atoms with Crippen LogP contribution in [0.3, 0.4) is 0 Å². The van der Waals surface area contributed by atoms with E-state index in [1.165, 1.54) is 18.4 Å². The van der Waals surface area contributed by atoms with Crippen molar-refractivity contribution in [2.24, 2.45) is 0 Å². The average molecular weight is 318 g/mol. The van der Waals surface area contributed by atoms with Crippen LogP contribution in [0, 0.1) is 11.6 Å². The van der Waals surface area contributed by atoms with Crippen LogP contribution in [-0.4, -0.2) is 25.2 Å². The third-order valence-corrected chi connectivity index (χ3v) is 3.94. The maximum atomic E-state index is 13.0. The Morgan fingerprint density at radius 3 is 2.67 bits per heavy atom. The van der Waals surface area contributed by atoms with Crippen molar-refractivity contribution in [3.05, 3.63) is 53.4 Å². The van der Waals surface area contributed by atoms with Crippen molar-refractivity contribution in [3.8, 4) is 0 Å². The number of aliphatic hydroxyl groups excluding tert-OH is 1. The van der Waals surface area contributed by atoms with E-state index < -0.39 is 33.5 Å². The summed E-state index contributed by atoms with van der Waals surface area (Å²) in [5.41, 5.74) is 0.280. The number of benzene rings is 1. The predicted molar refractivity (Wildman–Crippen MR) is 68.4 cm³/mol. The molecule has 1 unspecified atom stereocenters. The first kappa shape index (κ1) is 15.5. The molecule has 2 N–H and O–H groups in total. The van der Waals surface area contributed by atoms with Gasteiger partial charge in [-0.25, -0.2) is 21.9 Å². The molecule has 21 heavy (non-hydrogen) atoms. The number of aromatic nitrogens is 1. The lowest BCUT2D eigenvalue weighted by atomic mass is 10.1. The van der Waals surface area contributed by atoms with Crippen LogP contribution in [0.5, 0.6) is 0 Å². The Balaban J connectivity index is 1.96. The second-order valence-corrected chi connectivity index (χ2v) is 6.09. The lowest BCUT2D eigenvalue weighted by Crippen LogP contribution is -2.29. The van der Waals surface area contributed by atoms with Crippen molar-refractivity contribution in [1.29, 1.82) is 0 Å². The molecule has 1 heterocycles. The quantitative estimate of drug-likeness (QED) is 0.832. The van der Waals surface area contributed by atoms with Crippen molar-refractivity contribution in [1.82, 2.24) is 9.88 Å². The van der Waals surface area contributed by atoms with E-state index in [0.29, 0.717) is 0 Å². The van der Waals surface area contributed by atoms with Crippen molar-refractivity contribution >= 4 is 10.0 Å². The van der Waals surface area contributed by atoms with Crippen LogP contribution in [0.1, 0.15) is 17.4 Å². The molecule has 0 bridgehead atoms. The van der Waals surface area contributed by atoms with E-state index in [1.54, 1.807) is 0 Å². The second kappa shape index (κ2) is 6.29. The van der Waals surface area contributed by atoms with E-state index in [9.17, 15) is 22.3 Å². The Hall–Kier alpha value is -1.84. The van der Waals surface area contributed by atoms with Crippen molar-refractivity contribution in [2.45, 2.75) is 11.9 Å². The summed E-state index contributed by atoms with van der Waals surface area (Å²) in [5, 5.41) is 13.2. The molecule has 0 saturated heterocycles. The molecule has 0 spiro atoms. The number of sulfonamides is 1. The summed E-state index contributed by atoms with van der Waals surface area (Å²) in [6.07, 6.45) is -0.0618. The van der Waals surface area contributed by atoms with E-state index >= 15 is 0 Å². The molecule has 0 aliphatic rings. The third kappa shape index (κ3) is 4.31. The Labute approximate surface area is 119 Å². The first-order valence-corrected chi connectivity index (χ1v) is 7.52. The normalized spacial score (nSPS) is 13.3. The number of halogens is 2. The highest BCUT2D eigenvalue weighted by Gasteiger charge is 2.17. The van der Waals surface area contributed by atoms with Crippen LogP contribution in [0.25, 0.3) is 0 Å². The Kier molecular flexibility index (Phi) is 4.66. The zero-order valence-electron chi connectivity index (χ0n) is 10.7. The minimum atomic E-state index is -3.73. The van der Waals surface area contributed by atoms with E-state index in [-0.39, 0.29) is 17.8 Å². The summed E-state index contributed by atoms with van der Waals surface area (Å²) >= 11 is 0. The van der Waals surface area contributed by atoms with Gasteiger partial charge >= 0.3 is 0 Å². The van der Waals surface area contributed by atoms with Crippen LogP contribution in [-0.2, 0) is 15.8 Å². The van der Waals surface area contributed by atoms with Gasteiger partial charge in [0.2, 0.25) is 10.0 Å². The van der Waals surface area contributed by atoms with Gasteiger partial charge in [0, 0.05) is 12.6 Å². The van der Waals surface area contributed by atoms with Gasteiger partial charge in [-0.1, -0.05) is 11.2 Å². The SMILES string of the molecule is O=S(=O)(Cc1ccon1)NCC(O)c1ccc(F)c(F)c1. The zero-order chi connectivity index (χ0) is 15.5. The van der Waals surface area contributed by atoms with E-state index in [0.717, 1.165) is 12.1 Å². The van der Waals surface area contributed by atoms with Crippen molar-refractivity contribution in [3.63, 3.8) is 0 Å². The largest absolute Gasteiger partial charge is 0.387 e. The highest BCUT2D eigenvalue weighted by Crippen LogP contribution is 2.16. The number of aliphatic hydroxyl groups is 1. The van der Waals surface area contributed by atoms with Crippen LogP contribution < -0.4 is 4.72 Å². The minimum absolute atomic E-state index is 0.0676. The van der Waals surface area contributed by atoms with Gasteiger partial charge in [-0.15, -0.1) is 0 Å². The number of nitrogens with zero attached hydrogens (tertiary/aromatic N) is 1. The highest BCUT2D eigenvalue weighted by molar-refractivity contribution is 7.88. The van der Waals surface area contributed by atoms with E-state index in [2.05, 4.69) is 14.4 Å². The van der Waals surface area contributed by atoms with Gasteiger partial charge in [0.25, 0.3) is 0 Å². The van der Waals surface area contributed by atoms with Gasteiger partial charge in [-0.3, -0.25) is 0 Å². The molecule has 1 aromatic carbocycles. The maximum absolute atomic E-state index is 13.0. The average Bonchev–Trinajstić information content (AvgIpc) is 2.91. The summed E-state index contributed by atoms with van der Waals surface area (Å²) in [7, 11) is -3.73. The fraction of sp³-hybridized carbons (Fsp3) is 0.250. The van der Waals surface area contributed by atoms with Gasteiger partial charge in [0.05, 0.1) is 11.8 Å². The van der Waals surface area contributed by atoms with Gasteiger partial charge in [0.1, 0.15) is 12.0 Å². The van der Waals surface area contributed by atoms with Crippen molar-refractivity contribution < 1.29 is 26.8 Å². The maximum Gasteiger partial charge on any atom is 0.217 e. The molecule has 2 aromatic rings. The molecule has 1 atom stereocenters. The molecular weight excluding hydrogens is 306 g/mol. The number of nitrogens with one attached hydrogen (secondary N) is 1. The topological polar surface area (TPSA) is 92.4 Å². The third-order valence-electron chi connectivity index (χ3n) is 2.65. The fourth-order valence-electron chi connectivity index (χ4n) is 1.60. The molecule has 9 heteroatoms. The van der Waals surface area contributed by atoms with Gasteiger partial charge in [0.15, 0.2) is 11.6 Å². The fourth-order valence-corrected chi connectivity index (χ4v) is 2.65. The first-order valence-electron chi connectivity index (χ1n) is 5.87. The lowest BCUT2D eigenvalue weighted by molar-refractivity contribution is 0.181. The van der Waals surface area contributed by atoms with E-state index in [1.807, 2.05) is 0 Å². The number of rotatable bonds is 6. The number of hydrogen-bond donors (Lipinski definition) is 2. The highest BCUT2D eigenvalue weighted by atomic mass is 32.2. The summed E-state index contributed by atoms with van der Waals surface area (Å²) < 4.78 is 55.9. The van der Waals surface area contributed by atoms with Crippen molar-refractivity contribution in [2.75, 3.05) is 6.54 Å². The standard InChI is InChI=1S/C12H12F2N2O4S/c13-10-2-1-8(5-11(10)14)12(17)6-15-21(18,19)7-9-3-4-20-16-9/h1-5,12,15,17H,6-7H2. The molecular formula is C12H12F2N2O4S. The Morgan fingerprint density at radius 2 is 2.05 bits per heavy atom.